The molecular weight excluding hydrogens is 258 g/mol. The Labute approximate surface area is 117 Å². The molecule has 3 N–H and O–H groups in total. The third kappa shape index (κ3) is 3.47. The predicted molar refractivity (Wildman–Crippen MR) is 79.5 cm³/mol. The van der Waals surface area contributed by atoms with Crippen LogP contribution in [0.15, 0.2) is 42.5 Å². The monoisotopic (exact) mass is 276 g/mol. The van der Waals surface area contributed by atoms with Crippen molar-refractivity contribution in [3.63, 3.8) is 0 Å². The molecule has 0 radical (unpaired) electrons. The van der Waals surface area contributed by atoms with Crippen molar-refractivity contribution in [1.82, 2.24) is 0 Å². The van der Waals surface area contributed by atoms with Gasteiger partial charge >= 0.3 is 0 Å². The van der Waals surface area contributed by atoms with E-state index in [1.165, 1.54) is 11.6 Å². The maximum Gasteiger partial charge on any atom is 0.265 e. The van der Waals surface area contributed by atoms with Crippen LogP contribution in [0.4, 0.5) is 25.8 Å². The Morgan fingerprint density at radius 1 is 1.10 bits per heavy atom. The summed E-state index contributed by atoms with van der Waals surface area (Å²) < 4.78 is 26.0. The van der Waals surface area contributed by atoms with Crippen LogP contribution in [0.25, 0.3) is 0 Å². The molecule has 106 valence electrons. The Balaban J connectivity index is 2.21. The van der Waals surface area contributed by atoms with Crippen LogP contribution in [-0.4, -0.2) is 0 Å². The van der Waals surface area contributed by atoms with Crippen molar-refractivity contribution in [1.29, 1.82) is 0 Å². The lowest BCUT2D eigenvalue weighted by molar-refractivity contribution is 0.152. The maximum atomic E-state index is 13.0. The number of hydrogen-bond acceptors (Lipinski definition) is 2. The van der Waals surface area contributed by atoms with E-state index in [4.69, 9.17) is 5.73 Å². The predicted octanol–water partition coefficient (Wildman–Crippen LogP) is 4.90. The van der Waals surface area contributed by atoms with Crippen molar-refractivity contribution in [2.45, 2.75) is 26.2 Å². The lowest BCUT2D eigenvalue weighted by Gasteiger charge is -2.13. The van der Waals surface area contributed by atoms with Crippen LogP contribution in [0.5, 0.6) is 0 Å². The van der Waals surface area contributed by atoms with Gasteiger partial charge in [0.1, 0.15) is 0 Å². The van der Waals surface area contributed by atoms with Gasteiger partial charge in [-0.25, -0.2) is 8.78 Å². The number of nitrogens with one attached hydrogen (secondary N) is 1. The third-order valence-electron chi connectivity index (χ3n) is 3.08. The molecule has 0 saturated heterocycles. The fourth-order valence-corrected chi connectivity index (χ4v) is 2.07. The molecule has 4 heteroatoms. The van der Waals surface area contributed by atoms with Crippen LogP contribution in [0, 0.1) is 0 Å². The normalized spacial score (nSPS) is 10.8. The first kappa shape index (κ1) is 14.3. The second kappa shape index (κ2) is 6.37. The molecule has 0 saturated carbocycles. The molecule has 0 heterocycles. The minimum atomic E-state index is -2.56. The third-order valence-corrected chi connectivity index (χ3v) is 3.08. The smallest absolute Gasteiger partial charge is 0.265 e. The van der Waals surface area contributed by atoms with Gasteiger partial charge in [-0.1, -0.05) is 25.5 Å². The molecule has 0 atom stereocenters. The second-order valence-corrected chi connectivity index (χ2v) is 4.72. The Morgan fingerprint density at radius 2 is 1.80 bits per heavy atom. The first-order valence-corrected chi connectivity index (χ1v) is 6.63. The Hall–Kier alpha value is -2.10. The molecule has 0 unspecified atom stereocenters. The quantitative estimate of drug-likeness (QED) is 0.762. The van der Waals surface area contributed by atoms with Gasteiger partial charge in [-0.2, -0.15) is 0 Å². The summed E-state index contributed by atoms with van der Waals surface area (Å²) in [5.41, 5.74) is 8.22. The number of benzene rings is 2. The summed E-state index contributed by atoms with van der Waals surface area (Å²) in [6.45, 7) is 2.12. The Bertz CT molecular complexity index is 565. The van der Waals surface area contributed by atoms with Gasteiger partial charge in [0.05, 0.1) is 0 Å². The highest BCUT2D eigenvalue weighted by Gasteiger charge is 2.13. The van der Waals surface area contributed by atoms with E-state index in [2.05, 4.69) is 12.2 Å². The van der Waals surface area contributed by atoms with Crippen LogP contribution in [0.1, 0.15) is 30.9 Å². The van der Waals surface area contributed by atoms with Gasteiger partial charge in [0.15, 0.2) is 0 Å². The highest BCUT2D eigenvalue weighted by Crippen LogP contribution is 2.31. The molecule has 0 aliphatic carbocycles. The molecule has 2 aromatic carbocycles. The number of alkyl halides is 2. The van der Waals surface area contributed by atoms with Crippen molar-refractivity contribution >= 4 is 17.1 Å². The van der Waals surface area contributed by atoms with Crippen LogP contribution in [-0.2, 0) is 6.42 Å². The molecule has 2 aromatic rings. The van der Waals surface area contributed by atoms with Gasteiger partial charge in [0.2, 0.25) is 0 Å². The molecule has 0 aromatic heterocycles. The number of hydrogen-bond donors (Lipinski definition) is 2. The molecule has 0 bridgehead atoms. The Kier molecular flexibility index (Phi) is 4.56. The number of rotatable bonds is 5. The molecule has 0 spiro atoms. The van der Waals surface area contributed by atoms with Crippen molar-refractivity contribution < 1.29 is 8.78 Å². The topological polar surface area (TPSA) is 38.0 Å². The van der Waals surface area contributed by atoms with Crippen LogP contribution in [0.3, 0.4) is 0 Å². The first-order valence-electron chi connectivity index (χ1n) is 6.63. The minimum absolute atomic E-state index is 0.0809. The molecule has 2 nitrogen and oxygen atoms in total. The summed E-state index contributed by atoms with van der Waals surface area (Å²) in [7, 11) is 0. The number of nitrogens with two attached hydrogens (primary N) is 1. The lowest BCUT2D eigenvalue weighted by atomic mass is 10.1. The molecule has 0 fully saturated rings. The van der Waals surface area contributed by atoms with E-state index in [1.807, 2.05) is 24.3 Å². The van der Waals surface area contributed by atoms with Gasteiger partial charge < -0.3 is 11.1 Å². The second-order valence-electron chi connectivity index (χ2n) is 4.72. The van der Waals surface area contributed by atoms with Crippen molar-refractivity contribution in [3.8, 4) is 0 Å². The van der Waals surface area contributed by atoms with Gasteiger partial charge in [-0.15, -0.1) is 0 Å². The van der Waals surface area contributed by atoms with E-state index in [9.17, 15) is 8.78 Å². The summed E-state index contributed by atoms with van der Waals surface area (Å²) in [5.74, 6) is 0. The highest BCUT2D eigenvalue weighted by atomic mass is 19.3. The number of nitrogen functional groups attached to an aromatic ring is 1. The SMILES string of the molecule is CCCc1ccc(Nc2ccc(N)cc2C(F)F)cc1. The fourth-order valence-electron chi connectivity index (χ4n) is 2.07. The highest BCUT2D eigenvalue weighted by molar-refractivity contribution is 5.66. The van der Waals surface area contributed by atoms with Crippen molar-refractivity contribution in [3.05, 3.63) is 53.6 Å². The van der Waals surface area contributed by atoms with E-state index in [0.29, 0.717) is 11.4 Å². The van der Waals surface area contributed by atoms with Crippen LogP contribution < -0.4 is 11.1 Å². The van der Waals surface area contributed by atoms with Gasteiger partial charge in [0.25, 0.3) is 6.43 Å². The summed E-state index contributed by atoms with van der Waals surface area (Å²) in [4.78, 5) is 0. The van der Waals surface area contributed by atoms with E-state index < -0.39 is 6.43 Å². The van der Waals surface area contributed by atoms with E-state index in [1.54, 1.807) is 12.1 Å². The molecule has 0 aliphatic rings. The maximum absolute atomic E-state index is 13.0. The van der Waals surface area contributed by atoms with Gasteiger partial charge in [0, 0.05) is 22.6 Å². The van der Waals surface area contributed by atoms with Crippen LogP contribution >= 0.6 is 0 Å². The molecule has 0 aliphatic heterocycles. The minimum Gasteiger partial charge on any atom is -0.399 e. The van der Waals surface area contributed by atoms with Gasteiger partial charge in [-0.3, -0.25) is 0 Å². The van der Waals surface area contributed by atoms with Crippen LogP contribution in [0.2, 0.25) is 0 Å². The summed E-state index contributed by atoms with van der Waals surface area (Å²) in [6.07, 6.45) is -0.453. The number of aryl methyl sites for hydroxylation is 1. The Morgan fingerprint density at radius 3 is 2.40 bits per heavy atom. The fraction of sp³-hybridized carbons (Fsp3) is 0.250. The summed E-state index contributed by atoms with van der Waals surface area (Å²) >= 11 is 0. The number of anilines is 3. The zero-order valence-corrected chi connectivity index (χ0v) is 11.4. The van der Waals surface area contributed by atoms with E-state index >= 15 is 0 Å². The zero-order valence-electron chi connectivity index (χ0n) is 11.4. The zero-order chi connectivity index (χ0) is 14.5. The summed E-state index contributed by atoms with van der Waals surface area (Å²) in [6, 6.07) is 12.3. The average molecular weight is 276 g/mol. The largest absolute Gasteiger partial charge is 0.399 e. The summed E-state index contributed by atoms with van der Waals surface area (Å²) in [5, 5.41) is 3.01. The van der Waals surface area contributed by atoms with Gasteiger partial charge in [-0.05, 0) is 42.3 Å². The van der Waals surface area contributed by atoms with E-state index in [-0.39, 0.29) is 5.56 Å². The molecule has 20 heavy (non-hydrogen) atoms. The number of halogens is 2. The average Bonchev–Trinajstić information content (AvgIpc) is 2.43. The van der Waals surface area contributed by atoms with E-state index in [0.717, 1.165) is 18.5 Å². The standard InChI is InChI=1S/C16H18F2N2/c1-2-3-11-4-7-13(8-5-11)20-15-9-6-12(19)10-14(15)16(17)18/h4-10,16,20H,2-3,19H2,1H3. The lowest BCUT2D eigenvalue weighted by Crippen LogP contribution is -1.98. The molecular formula is C16H18F2N2. The molecule has 0 amide bonds. The first-order chi connectivity index (χ1) is 9.60. The molecule has 2 rings (SSSR count). The van der Waals surface area contributed by atoms with Crippen molar-refractivity contribution in [2.75, 3.05) is 11.1 Å². The van der Waals surface area contributed by atoms with Crippen molar-refractivity contribution in [2.24, 2.45) is 0 Å².